The molecule has 2 N–H and O–H groups in total. The van der Waals surface area contributed by atoms with Crippen molar-refractivity contribution in [3.05, 3.63) is 17.7 Å². The molecule has 1 aliphatic rings. The molecule has 0 bridgehead atoms. The Kier molecular flexibility index (Phi) is 4.66. The van der Waals surface area contributed by atoms with Crippen LogP contribution in [0.1, 0.15) is 57.7 Å². The van der Waals surface area contributed by atoms with Crippen molar-refractivity contribution < 1.29 is 23.4 Å². The highest BCUT2D eigenvalue weighted by molar-refractivity contribution is 5.68. The third-order valence-corrected chi connectivity index (χ3v) is 3.65. The van der Waals surface area contributed by atoms with Gasteiger partial charge >= 0.3 is 6.09 Å². The minimum Gasteiger partial charge on any atom is -0.444 e. The van der Waals surface area contributed by atoms with Gasteiger partial charge in [-0.2, -0.15) is 0 Å². The number of aromatic amines is 1. The minimum atomic E-state index is -3.12. The lowest BCUT2D eigenvalue weighted by Crippen LogP contribution is -2.51. The van der Waals surface area contributed by atoms with Crippen LogP contribution in [0.2, 0.25) is 0 Å². The number of H-pyrrole nitrogens is 1. The summed E-state index contributed by atoms with van der Waals surface area (Å²) in [4.78, 5) is 19.7. The van der Waals surface area contributed by atoms with Crippen molar-refractivity contribution in [1.29, 1.82) is 0 Å². The maximum absolute atomic E-state index is 14.4. The summed E-state index contributed by atoms with van der Waals surface area (Å²) in [6.07, 6.45) is -0.110. The van der Waals surface area contributed by atoms with Crippen molar-refractivity contribution in [2.45, 2.75) is 57.7 Å². The van der Waals surface area contributed by atoms with Crippen molar-refractivity contribution in [3.63, 3.8) is 0 Å². The number of carbonyl (C=O) groups is 1. The lowest BCUT2D eigenvalue weighted by molar-refractivity contribution is -0.0866. The van der Waals surface area contributed by atoms with Gasteiger partial charge in [0.2, 0.25) is 0 Å². The minimum absolute atomic E-state index is 0.0685. The molecule has 0 spiro atoms. The molecule has 23 heavy (non-hydrogen) atoms. The lowest BCUT2D eigenvalue weighted by Gasteiger charge is -2.38. The lowest BCUT2D eigenvalue weighted by atomic mass is 9.92. The number of aromatic nitrogens is 2. The van der Waals surface area contributed by atoms with E-state index < -0.39 is 36.2 Å². The van der Waals surface area contributed by atoms with E-state index in [9.17, 15) is 18.7 Å². The molecule has 1 aliphatic heterocycles. The number of nitrogens with one attached hydrogen (secondary N) is 1. The molecule has 0 saturated carbocycles. The van der Waals surface area contributed by atoms with Crippen LogP contribution < -0.4 is 0 Å². The second-order valence-electron chi connectivity index (χ2n) is 6.90. The standard InChI is InChI=1S/C15H23F2N3O3/c1-9(21)11-7-18-12(19-11)10-5-6-20(8-15(10,16)17)13(22)23-14(2,3)4/h7,9-10,21H,5-6,8H2,1-4H3,(H,18,19). The normalized spacial score (nSPS) is 22.7. The zero-order chi connectivity index (χ0) is 17.4. The Bertz CT molecular complexity index is 567. The largest absolute Gasteiger partial charge is 0.444 e. The summed E-state index contributed by atoms with van der Waals surface area (Å²) in [6, 6.07) is 0. The maximum Gasteiger partial charge on any atom is 0.410 e. The molecule has 130 valence electrons. The summed E-state index contributed by atoms with van der Waals surface area (Å²) in [5.41, 5.74) is -0.332. The molecule has 8 heteroatoms. The Hall–Kier alpha value is -1.70. The number of carbonyl (C=O) groups excluding carboxylic acids is 1. The number of amides is 1. The topological polar surface area (TPSA) is 78.5 Å². The summed E-state index contributed by atoms with van der Waals surface area (Å²) in [7, 11) is 0. The van der Waals surface area contributed by atoms with Crippen LogP contribution in [0.5, 0.6) is 0 Å². The van der Waals surface area contributed by atoms with Gasteiger partial charge in [-0.25, -0.2) is 18.6 Å². The van der Waals surface area contributed by atoms with Gasteiger partial charge in [-0.1, -0.05) is 0 Å². The number of piperidine rings is 1. The predicted molar refractivity (Wildman–Crippen MR) is 79.3 cm³/mol. The first-order chi connectivity index (χ1) is 10.5. The predicted octanol–water partition coefficient (Wildman–Crippen LogP) is 2.82. The molecule has 1 fully saturated rings. The molecular weight excluding hydrogens is 308 g/mol. The van der Waals surface area contributed by atoms with Crippen LogP contribution in [-0.2, 0) is 4.74 Å². The maximum atomic E-state index is 14.4. The van der Waals surface area contributed by atoms with E-state index in [2.05, 4.69) is 9.97 Å². The molecule has 2 rings (SSSR count). The number of alkyl halides is 2. The van der Waals surface area contributed by atoms with Crippen LogP contribution in [0.25, 0.3) is 0 Å². The van der Waals surface area contributed by atoms with Crippen LogP contribution >= 0.6 is 0 Å². The van der Waals surface area contributed by atoms with Crippen LogP contribution in [0.4, 0.5) is 13.6 Å². The molecule has 2 heterocycles. The molecule has 2 atom stereocenters. The van der Waals surface area contributed by atoms with Crippen LogP contribution in [-0.4, -0.2) is 50.7 Å². The first-order valence-electron chi connectivity index (χ1n) is 7.58. The highest BCUT2D eigenvalue weighted by Gasteiger charge is 2.48. The number of likely N-dealkylation sites (tertiary alicyclic amines) is 1. The van der Waals surface area contributed by atoms with Gasteiger partial charge in [0.25, 0.3) is 5.92 Å². The molecule has 1 saturated heterocycles. The van der Waals surface area contributed by atoms with Crippen molar-refractivity contribution in [1.82, 2.24) is 14.9 Å². The van der Waals surface area contributed by atoms with E-state index >= 15 is 0 Å². The number of imidazole rings is 1. The number of hydrogen-bond donors (Lipinski definition) is 2. The number of aliphatic hydroxyl groups excluding tert-OH is 1. The van der Waals surface area contributed by atoms with Crippen molar-refractivity contribution >= 4 is 6.09 Å². The molecule has 1 aromatic heterocycles. The van der Waals surface area contributed by atoms with Crippen LogP contribution in [0, 0.1) is 0 Å². The van der Waals surface area contributed by atoms with E-state index in [1.165, 1.54) is 13.1 Å². The molecular formula is C15H23F2N3O3. The zero-order valence-corrected chi connectivity index (χ0v) is 13.8. The van der Waals surface area contributed by atoms with Crippen LogP contribution in [0.15, 0.2) is 6.20 Å². The summed E-state index contributed by atoms with van der Waals surface area (Å²) in [6.45, 7) is 6.06. The third kappa shape index (κ3) is 4.19. The Labute approximate surface area is 133 Å². The Morgan fingerprint density at radius 1 is 1.57 bits per heavy atom. The van der Waals surface area contributed by atoms with Crippen molar-refractivity contribution in [3.8, 4) is 0 Å². The Morgan fingerprint density at radius 3 is 2.70 bits per heavy atom. The summed E-state index contributed by atoms with van der Waals surface area (Å²) < 4.78 is 34.0. The summed E-state index contributed by atoms with van der Waals surface area (Å²) in [5.74, 6) is -4.10. The fraction of sp³-hybridized carbons (Fsp3) is 0.733. The first kappa shape index (κ1) is 17.7. The average Bonchev–Trinajstić information content (AvgIpc) is 2.84. The van der Waals surface area contributed by atoms with E-state index in [0.29, 0.717) is 5.69 Å². The Morgan fingerprint density at radius 2 is 2.22 bits per heavy atom. The van der Waals surface area contributed by atoms with Gasteiger partial charge < -0.3 is 19.7 Å². The van der Waals surface area contributed by atoms with Gasteiger partial charge in [0, 0.05) is 6.54 Å². The van der Waals surface area contributed by atoms with Gasteiger partial charge in [0.15, 0.2) is 0 Å². The number of nitrogens with zero attached hydrogens (tertiary/aromatic N) is 2. The van der Waals surface area contributed by atoms with Gasteiger partial charge in [-0.15, -0.1) is 0 Å². The number of halogens is 2. The highest BCUT2D eigenvalue weighted by atomic mass is 19.3. The molecule has 6 nitrogen and oxygen atoms in total. The quantitative estimate of drug-likeness (QED) is 0.873. The van der Waals surface area contributed by atoms with Crippen LogP contribution in [0.3, 0.4) is 0 Å². The smallest absolute Gasteiger partial charge is 0.410 e. The Balaban J connectivity index is 2.09. The number of ether oxygens (including phenoxy) is 1. The first-order valence-corrected chi connectivity index (χ1v) is 7.58. The number of rotatable bonds is 2. The van der Waals surface area contributed by atoms with E-state index in [4.69, 9.17) is 4.74 Å². The highest BCUT2D eigenvalue weighted by Crippen LogP contribution is 2.39. The third-order valence-electron chi connectivity index (χ3n) is 3.65. The molecule has 0 radical (unpaired) electrons. The molecule has 0 aromatic carbocycles. The number of aliphatic hydroxyl groups is 1. The fourth-order valence-corrected chi connectivity index (χ4v) is 2.50. The van der Waals surface area contributed by atoms with Gasteiger partial charge in [0.1, 0.15) is 11.4 Å². The number of hydrogen-bond acceptors (Lipinski definition) is 4. The molecule has 1 aromatic rings. The van der Waals surface area contributed by atoms with E-state index in [-0.39, 0.29) is 18.8 Å². The molecule has 0 aliphatic carbocycles. The van der Waals surface area contributed by atoms with Gasteiger partial charge in [0.05, 0.1) is 30.5 Å². The second-order valence-corrected chi connectivity index (χ2v) is 6.90. The van der Waals surface area contributed by atoms with Gasteiger partial charge in [-0.3, -0.25) is 0 Å². The fourth-order valence-electron chi connectivity index (χ4n) is 2.50. The SMILES string of the molecule is CC(O)c1cnc(C2CCN(C(=O)OC(C)(C)C)CC2(F)F)[nH]1. The molecule has 1 amide bonds. The van der Waals surface area contributed by atoms with E-state index in [1.807, 2.05) is 0 Å². The van der Waals surface area contributed by atoms with Gasteiger partial charge in [-0.05, 0) is 34.1 Å². The second kappa shape index (κ2) is 6.07. The van der Waals surface area contributed by atoms with E-state index in [0.717, 1.165) is 4.90 Å². The monoisotopic (exact) mass is 331 g/mol. The molecule has 2 unspecified atom stereocenters. The van der Waals surface area contributed by atoms with Crippen molar-refractivity contribution in [2.24, 2.45) is 0 Å². The van der Waals surface area contributed by atoms with E-state index in [1.54, 1.807) is 20.8 Å². The summed E-state index contributed by atoms with van der Waals surface area (Å²) >= 11 is 0. The average molecular weight is 331 g/mol. The van der Waals surface area contributed by atoms with Crippen molar-refractivity contribution in [2.75, 3.05) is 13.1 Å². The summed E-state index contributed by atoms with van der Waals surface area (Å²) in [5, 5.41) is 9.46. The zero-order valence-electron chi connectivity index (χ0n) is 13.8.